The maximum Gasteiger partial charge on any atom is 0.208 e. The van der Waals surface area contributed by atoms with Crippen molar-refractivity contribution in [2.24, 2.45) is 0 Å². The van der Waals surface area contributed by atoms with Crippen molar-refractivity contribution in [1.29, 1.82) is 0 Å². The smallest absolute Gasteiger partial charge is 0.208 e. The zero-order valence-electron chi connectivity index (χ0n) is 10.4. The number of hydrogen-bond acceptors (Lipinski definition) is 4. The Bertz CT molecular complexity index is 543. The van der Waals surface area contributed by atoms with Crippen LogP contribution in [0.1, 0.15) is 26.7 Å². The second kappa shape index (κ2) is 5.45. The van der Waals surface area contributed by atoms with Gasteiger partial charge in [0.2, 0.25) is 5.89 Å². The third-order valence-electron chi connectivity index (χ3n) is 2.25. The van der Waals surface area contributed by atoms with E-state index in [4.69, 9.17) is 4.42 Å². The van der Waals surface area contributed by atoms with Crippen LogP contribution in [0.5, 0.6) is 0 Å². The van der Waals surface area contributed by atoms with Crippen LogP contribution < -0.4 is 5.32 Å². The van der Waals surface area contributed by atoms with Gasteiger partial charge in [-0.15, -0.1) is 11.3 Å². The van der Waals surface area contributed by atoms with E-state index in [9.17, 15) is 0 Å². The zero-order valence-corrected chi connectivity index (χ0v) is 14.4. The van der Waals surface area contributed by atoms with Gasteiger partial charge in [-0.25, -0.2) is 4.98 Å². The number of oxazole rings is 1. The molecular weight excluding hydrogens is 380 g/mol. The van der Waals surface area contributed by atoms with E-state index in [2.05, 4.69) is 62.9 Å². The van der Waals surface area contributed by atoms with Gasteiger partial charge in [-0.1, -0.05) is 0 Å². The first-order valence-corrected chi connectivity index (χ1v) is 7.90. The van der Waals surface area contributed by atoms with Crippen molar-refractivity contribution < 1.29 is 4.42 Å². The SMILES string of the molecule is CC(C)(C)NCc1ncc(-c2cc(Br)sc2Br)o1. The molecule has 0 atom stereocenters. The van der Waals surface area contributed by atoms with Gasteiger partial charge in [0.15, 0.2) is 5.76 Å². The third-order valence-corrected chi connectivity index (χ3v) is 4.58. The fraction of sp³-hybridized carbons (Fsp3) is 0.417. The topological polar surface area (TPSA) is 38.1 Å². The Kier molecular flexibility index (Phi) is 4.31. The molecule has 0 aliphatic carbocycles. The van der Waals surface area contributed by atoms with E-state index in [-0.39, 0.29) is 5.54 Å². The molecule has 0 aromatic carbocycles. The van der Waals surface area contributed by atoms with Gasteiger partial charge in [0.25, 0.3) is 0 Å². The Morgan fingerprint density at radius 1 is 1.39 bits per heavy atom. The first-order valence-electron chi connectivity index (χ1n) is 5.50. The molecule has 98 valence electrons. The molecule has 0 bridgehead atoms. The summed E-state index contributed by atoms with van der Waals surface area (Å²) in [5, 5.41) is 3.35. The highest BCUT2D eigenvalue weighted by molar-refractivity contribution is 9.12. The molecule has 6 heteroatoms. The Labute approximate surface area is 127 Å². The van der Waals surface area contributed by atoms with Gasteiger partial charge < -0.3 is 9.73 Å². The average Bonchev–Trinajstić information content (AvgIpc) is 2.81. The molecule has 2 aromatic rings. The van der Waals surface area contributed by atoms with E-state index in [1.807, 2.05) is 6.07 Å². The molecule has 3 nitrogen and oxygen atoms in total. The number of aromatic nitrogens is 1. The Morgan fingerprint density at radius 3 is 2.67 bits per heavy atom. The normalized spacial score (nSPS) is 12.1. The van der Waals surface area contributed by atoms with Crippen LogP contribution in [0.2, 0.25) is 0 Å². The molecule has 2 heterocycles. The molecule has 0 unspecified atom stereocenters. The van der Waals surface area contributed by atoms with Gasteiger partial charge in [-0.2, -0.15) is 0 Å². The van der Waals surface area contributed by atoms with Gasteiger partial charge in [0.05, 0.1) is 20.3 Å². The van der Waals surface area contributed by atoms with Crippen molar-refractivity contribution >= 4 is 43.2 Å². The van der Waals surface area contributed by atoms with Crippen molar-refractivity contribution in [3.05, 3.63) is 25.7 Å². The van der Waals surface area contributed by atoms with E-state index in [1.54, 1.807) is 17.5 Å². The Balaban J connectivity index is 2.13. The van der Waals surface area contributed by atoms with Gasteiger partial charge >= 0.3 is 0 Å². The van der Waals surface area contributed by atoms with Crippen molar-refractivity contribution in [3.8, 4) is 11.3 Å². The molecule has 2 rings (SSSR count). The minimum Gasteiger partial charge on any atom is -0.439 e. The van der Waals surface area contributed by atoms with E-state index >= 15 is 0 Å². The highest BCUT2D eigenvalue weighted by atomic mass is 79.9. The summed E-state index contributed by atoms with van der Waals surface area (Å²) in [7, 11) is 0. The highest BCUT2D eigenvalue weighted by Crippen LogP contribution is 2.38. The summed E-state index contributed by atoms with van der Waals surface area (Å²) in [5.74, 6) is 1.49. The zero-order chi connectivity index (χ0) is 13.3. The van der Waals surface area contributed by atoms with Crippen LogP contribution >= 0.6 is 43.2 Å². The predicted octanol–water partition coefficient (Wildman–Crippen LogP) is 4.82. The van der Waals surface area contributed by atoms with Crippen LogP contribution in [0.25, 0.3) is 11.3 Å². The van der Waals surface area contributed by atoms with Gasteiger partial charge in [0, 0.05) is 11.1 Å². The van der Waals surface area contributed by atoms with Crippen molar-refractivity contribution in [2.75, 3.05) is 0 Å². The number of halogens is 2. The maximum absolute atomic E-state index is 5.74. The standard InChI is InChI=1S/C12H14Br2N2OS/c1-12(2,3)16-6-10-15-5-8(17-10)7-4-9(13)18-11(7)14/h4-5,16H,6H2,1-3H3. The monoisotopic (exact) mass is 392 g/mol. The lowest BCUT2D eigenvalue weighted by atomic mass is 10.1. The summed E-state index contributed by atoms with van der Waals surface area (Å²) in [4.78, 5) is 4.29. The third kappa shape index (κ3) is 3.66. The van der Waals surface area contributed by atoms with Crippen LogP contribution in [0.4, 0.5) is 0 Å². The fourth-order valence-electron chi connectivity index (χ4n) is 1.37. The quantitative estimate of drug-likeness (QED) is 0.812. The molecule has 1 N–H and O–H groups in total. The number of nitrogens with one attached hydrogen (secondary N) is 1. The van der Waals surface area contributed by atoms with E-state index in [0.29, 0.717) is 12.4 Å². The summed E-state index contributed by atoms with van der Waals surface area (Å²) in [6.45, 7) is 6.97. The molecule has 0 fully saturated rings. The molecule has 0 saturated carbocycles. The Morgan fingerprint density at radius 2 is 2.11 bits per heavy atom. The van der Waals surface area contributed by atoms with Crippen molar-refractivity contribution in [1.82, 2.24) is 10.3 Å². The first-order chi connectivity index (χ1) is 8.35. The van der Waals surface area contributed by atoms with Crippen molar-refractivity contribution in [3.63, 3.8) is 0 Å². The fourth-order valence-corrected chi connectivity index (χ4v) is 4.18. The number of thiophene rings is 1. The lowest BCUT2D eigenvalue weighted by Gasteiger charge is -2.18. The summed E-state index contributed by atoms with van der Waals surface area (Å²) >= 11 is 8.60. The minimum absolute atomic E-state index is 0.0562. The maximum atomic E-state index is 5.74. The van der Waals surface area contributed by atoms with Gasteiger partial charge in [-0.05, 0) is 58.7 Å². The molecule has 0 amide bonds. The predicted molar refractivity (Wildman–Crippen MR) is 81.8 cm³/mol. The second-order valence-electron chi connectivity index (χ2n) is 4.96. The summed E-state index contributed by atoms with van der Waals surface area (Å²) in [5.41, 5.74) is 1.09. The number of rotatable bonds is 3. The van der Waals surface area contributed by atoms with Crippen LogP contribution in [0.3, 0.4) is 0 Å². The molecule has 18 heavy (non-hydrogen) atoms. The van der Waals surface area contributed by atoms with E-state index in [0.717, 1.165) is 18.9 Å². The molecule has 2 aromatic heterocycles. The molecule has 0 radical (unpaired) electrons. The molecule has 0 aliphatic heterocycles. The lowest BCUT2D eigenvalue weighted by molar-refractivity contribution is 0.383. The molecule has 0 aliphatic rings. The van der Waals surface area contributed by atoms with Crippen LogP contribution in [-0.2, 0) is 6.54 Å². The highest BCUT2D eigenvalue weighted by Gasteiger charge is 2.14. The van der Waals surface area contributed by atoms with Crippen molar-refractivity contribution in [2.45, 2.75) is 32.9 Å². The molecule has 0 spiro atoms. The summed E-state index contributed by atoms with van der Waals surface area (Å²) in [6, 6.07) is 2.02. The largest absolute Gasteiger partial charge is 0.439 e. The molecule has 0 saturated heterocycles. The van der Waals surface area contributed by atoms with E-state index in [1.165, 1.54) is 0 Å². The molecular formula is C12H14Br2N2OS. The Hall–Kier alpha value is -0.170. The van der Waals surface area contributed by atoms with Crippen LogP contribution in [-0.4, -0.2) is 10.5 Å². The van der Waals surface area contributed by atoms with E-state index < -0.39 is 0 Å². The average molecular weight is 394 g/mol. The first kappa shape index (κ1) is 14.2. The number of hydrogen-bond donors (Lipinski definition) is 1. The summed E-state index contributed by atoms with van der Waals surface area (Å²) < 4.78 is 7.85. The summed E-state index contributed by atoms with van der Waals surface area (Å²) in [6.07, 6.45) is 1.76. The van der Waals surface area contributed by atoms with Crippen LogP contribution in [0, 0.1) is 0 Å². The minimum atomic E-state index is 0.0562. The van der Waals surface area contributed by atoms with Gasteiger partial charge in [-0.3, -0.25) is 0 Å². The lowest BCUT2D eigenvalue weighted by Crippen LogP contribution is -2.35. The van der Waals surface area contributed by atoms with Gasteiger partial charge in [0.1, 0.15) is 0 Å². The second-order valence-corrected chi connectivity index (χ2v) is 8.71. The number of nitrogens with zero attached hydrogens (tertiary/aromatic N) is 1. The van der Waals surface area contributed by atoms with Crippen LogP contribution in [0.15, 0.2) is 24.3 Å².